The highest BCUT2D eigenvalue weighted by Gasteiger charge is 2.15. The molecule has 4 nitrogen and oxygen atoms in total. The first-order valence-electron chi connectivity index (χ1n) is 4.79. The van der Waals surface area contributed by atoms with Crippen LogP contribution in [0.2, 0.25) is 0 Å². The molecule has 90 valence electrons. The number of hydrogen-bond acceptors (Lipinski definition) is 3. The van der Waals surface area contributed by atoms with Crippen LogP contribution < -0.4 is 4.72 Å². The summed E-state index contributed by atoms with van der Waals surface area (Å²) in [5.74, 6) is 0.0562. The van der Waals surface area contributed by atoms with Crippen molar-refractivity contribution in [3.8, 4) is 5.75 Å². The van der Waals surface area contributed by atoms with Gasteiger partial charge in [-0.1, -0.05) is 12.1 Å². The quantitative estimate of drug-likeness (QED) is 0.794. The van der Waals surface area contributed by atoms with E-state index in [1.165, 1.54) is 12.1 Å². The summed E-state index contributed by atoms with van der Waals surface area (Å²) in [7, 11) is -3.36. The van der Waals surface area contributed by atoms with Crippen molar-refractivity contribution in [3.05, 3.63) is 29.8 Å². The zero-order valence-electron chi connectivity index (χ0n) is 8.85. The third kappa shape index (κ3) is 4.00. The van der Waals surface area contributed by atoms with Gasteiger partial charge in [0.15, 0.2) is 0 Å². The number of rotatable bonds is 5. The predicted molar refractivity (Wildman–Crippen MR) is 64.2 cm³/mol. The fraction of sp³-hybridized carbons (Fsp3) is 0.400. The summed E-state index contributed by atoms with van der Waals surface area (Å²) in [6, 6.07) is 6.07. The monoisotopic (exact) mass is 263 g/mol. The van der Waals surface area contributed by atoms with Gasteiger partial charge in [-0.2, -0.15) is 0 Å². The molecule has 0 amide bonds. The van der Waals surface area contributed by atoms with Gasteiger partial charge < -0.3 is 5.11 Å². The zero-order chi connectivity index (χ0) is 12.2. The number of sulfonamides is 1. The SMILES string of the molecule is CC(NS(=O)(=O)CCCl)c1cccc(O)c1. The molecule has 0 saturated heterocycles. The van der Waals surface area contributed by atoms with Gasteiger partial charge in [0.25, 0.3) is 0 Å². The van der Waals surface area contributed by atoms with Crippen molar-refractivity contribution in [1.29, 1.82) is 0 Å². The second kappa shape index (κ2) is 5.52. The third-order valence-electron chi connectivity index (χ3n) is 2.07. The van der Waals surface area contributed by atoms with Crippen LogP contribution in [0.25, 0.3) is 0 Å². The fourth-order valence-electron chi connectivity index (χ4n) is 1.29. The Bertz CT molecular complexity index is 447. The molecule has 0 aromatic heterocycles. The van der Waals surface area contributed by atoms with Gasteiger partial charge in [-0.15, -0.1) is 11.6 Å². The molecule has 2 N–H and O–H groups in total. The van der Waals surface area contributed by atoms with Crippen molar-refractivity contribution in [1.82, 2.24) is 4.72 Å². The topological polar surface area (TPSA) is 66.4 Å². The molecule has 0 aliphatic rings. The van der Waals surface area contributed by atoms with Crippen molar-refractivity contribution in [2.75, 3.05) is 11.6 Å². The van der Waals surface area contributed by atoms with Crippen LogP contribution in [0.1, 0.15) is 18.5 Å². The molecule has 1 aromatic carbocycles. The van der Waals surface area contributed by atoms with Crippen LogP contribution in [0.4, 0.5) is 0 Å². The van der Waals surface area contributed by atoms with Crippen molar-refractivity contribution < 1.29 is 13.5 Å². The highest BCUT2D eigenvalue weighted by molar-refractivity contribution is 7.89. The summed E-state index contributed by atoms with van der Waals surface area (Å²) in [5.41, 5.74) is 0.707. The summed E-state index contributed by atoms with van der Waals surface area (Å²) in [6.45, 7) is 1.71. The van der Waals surface area contributed by atoms with E-state index in [0.717, 1.165) is 0 Å². The van der Waals surface area contributed by atoms with Crippen LogP contribution in [-0.2, 0) is 10.0 Å². The predicted octanol–water partition coefficient (Wildman–Crippen LogP) is 1.61. The molecule has 0 fully saturated rings. The smallest absolute Gasteiger partial charge is 0.213 e. The molecule has 0 aliphatic carbocycles. The first-order chi connectivity index (χ1) is 7.44. The maximum atomic E-state index is 11.4. The molecule has 0 saturated carbocycles. The van der Waals surface area contributed by atoms with E-state index in [-0.39, 0.29) is 23.4 Å². The highest BCUT2D eigenvalue weighted by Crippen LogP contribution is 2.18. The van der Waals surface area contributed by atoms with Gasteiger partial charge >= 0.3 is 0 Å². The van der Waals surface area contributed by atoms with Gasteiger partial charge in [0.1, 0.15) is 5.75 Å². The van der Waals surface area contributed by atoms with E-state index < -0.39 is 10.0 Å². The number of nitrogens with one attached hydrogen (secondary N) is 1. The summed E-state index contributed by atoms with van der Waals surface area (Å²) in [4.78, 5) is 0. The lowest BCUT2D eigenvalue weighted by Gasteiger charge is -2.14. The maximum absolute atomic E-state index is 11.4. The van der Waals surface area contributed by atoms with Gasteiger partial charge in [0.05, 0.1) is 5.75 Å². The second-order valence-electron chi connectivity index (χ2n) is 3.44. The minimum atomic E-state index is -3.36. The van der Waals surface area contributed by atoms with Crippen molar-refractivity contribution in [2.45, 2.75) is 13.0 Å². The molecule has 0 bridgehead atoms. The summed E-state index contributed by atoms with van der Waals surface area (Å²) in [6.07, 6.45) is 0. The number of phenolic OH excluding ortho intramolecular Hbond substituents is 1. The van der Waals surface area contributed by atoms with Gasteiger partial charge in [0, 0.05) is 11.9 Å². The third-order valence-corrected chi connectivity index (χ3v) is 3.94. The molecule has 0 aliphatic heterocycles. The van der Waals surface area contributed by atoms with Crippen molar-refractivity contribution >= 4 is 21.6 Å². The molecule has 0 spiro atoms. The Hall–Kier alpha value is -0.780. The Labute approximate surface area is 100 Å². The Morgan fingerprint density at radius 3 is 2.75 bits per heavy atom. The van der Waals surface area contributed by atoms with E-state index in [2.05, 4.69) is 4.72 Å². The first-order valence-corrected chi connectivity index (χ1v) is 6.98. The molecule has 1 aromatic rings. The standard InChI is InChI=1S/C10H14ClNO3S/c1-8(12-16(14,15)6-5-11)9-3-2-4-10(13)7-9/h2-4,7-8,12-13H,5-6H2,1H3. The summed E-state index contributed by atoms with van der Waals surface area (Å²) < 4.78 is 25.4. The number of halogens is 1. The van der Waals surface area contributed by atoms with Gasteiger partial charge in [-0.3, -0.25) is 0 Å². The molecule has 16 heavy (non-hydrogen) atoms. The van der Waals surface area contributed by atoms with Crippen LogP contribution in [0.15, 0.2) is 24.3 Å². The van der Waals surface area contributed by atoms with Crippen molar-refractivity contribution in [3.63, 3.8) is 0 Å². The van der Waals surface area contributed by atoms with E-state index in [0.29, 0.717) is 5.56 Å². The van der Waals surface area contributed by atoms with E-state index in [9.17, 15) is 13.5 Å². The molecule has 6 heteroatoms. The average molecular weight is 264 g/mol. The minimum Gasteiger partial charge on any atom is -0.508 e. The Balaban J connectivity index is 2.76. The van der Waals surface area contributed by atoms with Crippen LogP contribution in [-0.4, -0.2) is 25.2 Å². The van der Waals surface area contributed by atoms with Gasteiger partial charge in [-0.05, 0) is 24.6 Å². The first kappa shape index (κ1) is 13.3. The largest absolute Gasteiger partial charge is 0.508 e. The Kier molecular flexibility index (Phi) is 4.58. The lowest BCUT2D eigenvalue weighted by molar-refractivity contribution is 0.473. The van der Waals surface area contributed by atoms with E-state index >= 15 is 0 Å². The van der Waals surface area contributed by atoms with E-state index in [1.807, 2.05) is 0 Å². The maximum Gasteiger partial charge on any atom is 0.213 e. The average Bonchev–Trinajstić information content (AvgIpc) is 2.16. The number of hydrogen-bond donors (Lipinski definition) is 2. The molecule has 1 atom stereocenters. The van der Waals surface area contributed by atoms with Crippen LogP contribution in [0, 0.1) is 0 Å². The van der Waals surface area contributed by atoms with Crippen molar-refractivity contribution in [2.24, 2.45) is 0 Å². The molecule has 1 unspecified atom stereocenters. The highest BCUT2D eigenvalue weighted by atomic mass is 35.5. The van der Waals surface area contributed by atoms with Gasteiger partial charge in [0.2, 0.25) is 10.0 Å². The summed E-state index contributed by atoms with van der Waals surface area (Å²) in [5, 5.41) is 9.27. The molecule has 0 heterocycles. The number of phenols is 1. The Morgan fingerprint density at radius 1 is 1.50 bits per heavy atom. The normalized spacial score (nSPS) is 13.6. The second-order valence-corrected chi connectivity index (χ2v) is 5.69. The fourth-order valence-corrected chi connectivity index (χ4v) is 2.90. The van der Waals surface area contributed by atoms with Crippen LogP contribution >= 0.6 is 11.6 Å². The van der Waals surface area contributed by atoms with E-state index in [1.54, 1.807) is 19.1 Å². The number of aromatic hydroxyl groups is 1. The molecule has 1 rings (SSSR count). The molecular formula is C10H14ClNO3S. The summed E-state index contributed by atoms with van der Waals surface area (Å²) >= 11 is 5.38. The molecule has 0 radical (unpaired) electrons. The van der Waals surface area contributed by atoms with Crippen LogP contribution in [0.3, 0.4) is 0 Å². The number of alkyl halides is 1. The van der Waals surface area contributed by atoms with Crippen LogP contribution in [0.5, 0.6) is 5.75 Å². The van der Waals surface area contributed by atoms with E-state index in [4.69, 9.17) is 11.6 Å². The minimum absolute atomic E-state index is 0.0576. The number of benzene rings is 1. The Morgan fingerprint density at radius 2 is 2.19 bits per heavy atom. The zero-order valence-corrected chi connectivity index (χ0v) is 10.4. The molecular weight excluding hydrogens is 250 g/mol. The lowest BCUT2D eigenvalue weighted by atomic mass is 10.1. The van der Waals surface area contributed by atoms with Gasteiger partial charge in [-0.25, -0.2) is 13.1 Å². The lowest BCUT2D eigenvalue weighted by Crippen LogP contribution is -2.29.